The van der Waals surface area contributed by atoms with Gasteiger partial charge in [0, 0.05) is 18.7 Å². The summed E-state index contributed by atoms with van der Waals surface area (Å²) < 4.78 is 5.29. The average molecular weight is 276 g/mol. The minimum atomic E-state index is 0.670. The van der Waals surface area contributed by atoms with E-state index in [-0.39, 0.29) is 0 Å². The number of nitrogens with zero attached hydrogens (tertiary/aromatic N) is 3. The van der Waals surface area contributed by atoms with Crippen LogP contribution in [0, 0.1) is 12.8 Å². The van der Waals surface area contributed by atoms with Gasteiger partial charge in [-0.1, -0.05) is 0 Å². The standard InChI is InChI=1S/C15H24N4O/c1-11-17-14(9-15(18-11)20-2)19(13-3-4-13)10-12-5-7-16-8-6-12/h9,12-13,16H,3-8,10H2,1-2H3. The third kappa shape index (κ3) is 3.20. The van der Waals surface area contributed by atoms with Crippen molar-refractivity contribution in [3.63, 3.8) is 0 Å². The van der Waals surface area contributed by atoms with Crippen LogP contribution in [0.3, 0.4) is 0 Å². The fourth-order valence-corrected chi connectivity index (χ4v) is 2.94. The molecule has 0 spiro atoms. The third-order valence-electron chi connectivity index (χ3n) is 4.21. The van der Waals surface area contributed by atoms with Gasteiger partial charge >= 0.3 is 0 Å². The predicted octanol–water partition coefficient (Wildman–Crippen LogP) is 1.76. The molecule has 1 saturated heterocycles. The molecule has 1 aromatic rings. The van der Waals surface area contributed by atoms with Gasteiger partial charge in [-0.05, 0) is 51.6 Å². The van der Waals surface area contributed by atoms with E-state index in [2.05, 4.69) is 20.2 Å². The van der Waals surface area contributed by atoms with Crippen LogP contribution < -0.4 is 15.0 Å². The third-order valence-corrected chi connectivity index (χ3v) is 4.21. The van der Waals surface area contributed by atoms with Gasteiger partial charge in [0.15, 0.2) is 0 Å². The van der Waals surface area contributed by atoms with Crippen LogP contribution in [0.1, 0.15) is 31.5 Å². The van der Waals surface area contributed by atoms with Crippen molar-refractivity contribution < 1.29 is 4.74 Å². The Balaban J connectivity index is 1.77. The summed E-state index contributed by atoms with van der Waals surface area (Å²) in [5, 5.41) is 3.44. The van der Waals surface area contributed by atoms with E-state index < -0.39 is 0 Å². The Labute approximate surface area is 120 Å². The molecule has 0 atom stereocenters. The smallest absolute Gasteiger partial charge is 0.218 e. The van der Waals surface area contributed by atoms with Gasteiger partial charge in [-0.3, -0.25) is 0 Å². The highest BCUT2D eigenvalue weighted by atomic mass is 16.5. The maximum Gasteiger partial charge on any atom is 0.218 e. The fourth-order valence-electron chi connectivity index (χ4n) is 2.94. The zero-order chi connectivity index (χ0) is 13.9. The van der Waals surface area contributed by atoms with Crippen LogP contribution in [0.5, 0.6) is 5.88 Å². The maximum atomic E-state index is 5.29. The zero-order valence-electron chi connectivity index (χ0n) is 12.4. The quantitative estimate of drug-likeness (QED) is 0.888. The number of nitrogens with one attached hydrogen (secondary N) is 1. The summed E-state index contributed by atoms with van der Waals surface area (Å²) in [6.07, 6.45) is 5.11. The van der Waals surface area contributed by atoms with E-state index in [4.69, 9.17) is 4.74 Å². The fraction of sp³-hybridized carbons (Fsp3) is 0.733. The summed E-state index contributed by atoms with van der Waals surface area (Å²) in [6, 6.07) is 2.65. The highest BCUT2D eigenvalue weighted by Gasteiger charge is 2.32. The molecule has 5 nitrogen and oxygen atoms in total. The highest BCUT2D eigenvalue weighted by Crippen LogP contribution is 2.33. The SMILES string of the molecule is COc1cc(N(CC2CCNCC2)C2CC2)nc(C)n1. The summed E-state index contributed by atoms with van der Waals surface area (Å²) in [4.78, 5) is 11.4. The first-order valence-electron chi connectivity index (χ1n) is 7.63. The lowest BCUT2D eigenvalue weighted by Gasteiger charge is -2.31. The number of aromatic nitrogens is 2. The monoisotopic (exact) mass is 276 g/mol. The van der Waals surface area contributed by atoms with Crippen LogP contribution in [-0.2, 0) is 0 Å². The first-order chi connectivity index (χ1) is 9.76. The van der Waals surface area contributed by atoms with Crippen molar-refractivity contribution in [2.24, 2.45) is 5.92 Å². The largest absolute Gasteiger partial charge is 0.481 e. The van der Waals surface area contributed by atoms with Gasteiger partial charge in [0.1, 0.15) is 11.6 Å². The molecule has 5 heteroatoms. The van der Waals surface area contributed by atoms with Gasteiger partial charge in [0.2, 0.25) is 5.88 Å². The van der Waals surface area contributed by atoms with E-state index in [1.807, 2.05) is 13.0 Å². The van der Waals surface area contributed by atoms with Crippen LogP contribution in [-0.4, -0.2) is 42.8 Å². The molecule has 0 amide bonds. The molecule has 110 valence electrons. The minimum Gasteiger partial charge on any atom is -0.481 e. The maximum absolute atomic E-state index is 5.29. The van der Waals surface area contributed by atoms with Crippen molar-refractivity contribution >= 4 is 5.82 Å². The number of aryl methyl sites for hydroxylation is 1. The van der Waals surface area contributed by atoms with Gasteiger partial charge in [0.05, 0.1) is 7.11 Å². The molecule has 1 aliphatic carbocycles. The molecule has 1 saturated carbocycles. The average Bonchev–Trinajstić information content (AvgIpc) is 3.29. The molecule has 1 aromatic heterocycles. The number of hydrogen-bond acceptors (Lipinski definition) is 5. The van der Waals surface area contributed by atoms with Crippen molar-refractivity contribution in [1.82, 2.24) is 15.3 Å². The summed E-state index contributed by atoms with van der Waals surface area (Å²) >= 11 is 0. The summed E-state index contributed by atoms with van der Waals surface area (Å²) in [7, 11) is 1.67. The zero-order valence-corrected chi connectivity index (χ0v) is 12.4. The van der Waals surface area contributed by atoms with Crippen molar-refractivity contribution in [2.75, 3.05) is 31.6 Å². The number of ether oxygens (including phenoxy) is 1. The van der Waals surface area contributed by atoms with E-state index in [9.17, 15) is 0 Å². The Kier molecular flexibility index (Phi) is 4.05. The van der Waals surface area contributed by atoms with Crippen LogP contribution in [0.4, 0.5) is 5.82 Å². The van der Waals surface area contributed by atoms with Gasteiger partial charge < -0.3 is 15.0 Å². The van der Waals surface area contributed by atoms with Gasteiger partial charge in [-0.25, -0.2) is 4.98 Å². The lowest BCUT2D eigenvalue weighted by atomic mass is 9.97. The highest BCUT2D eigenvalue weighted by molar-refractivity contribution is 5.44. The summed E-state index contributed by atoms with van der Waals surface area (Å²) in [5.74, 6) is 3.27. The molecule has 0 radical (unpaired) electrons. The molecule has 1 N–H and O–H groups in total. The van der Waals surface area contributed by atoms with Crippen molar-refractivity contribution in [2.45, 2.75) is 38.6 Å². The molecule has 2 fully saturated rings. The Bertz CT molecular complexity index is 455. The number of hydrogen-bond donors (Lipinski definition) is 1. The number of rotatable bonds is 5. The van der Waals surface area contributed by atoms with E-state index in [1.165, 1.54) is 25.7 Å². The van der Waals surface area contributed by atoms with E-state index in [0.29, 0.717) is 11.9 Å². The normalized spacial score (nSPS) is 19.9. The Hall–Kier alpha value is -1.36. The van der Waals surface area contributed by atoms with Crippen LogP contribution in [0.2, 0.25) is 0 Å². The van der Waals surface area contributed by atoms with Gasteiger partial charge in [0.25, 0.3) is 0 Å². The Morgan fingerprint density at radius 1 is 1.25 bits per heavy atom. The Morgan fingerprint density at radius 3 is 2.65 bits per heavy atom. The lowest BCUT2D eigenvalue weighted by Crippen LogP contribution is -2.37. The van der Waals surface area contributed by atoms with Crippen molar-refractivity contribution in [1.29, 1.82) is 0 Å². The minimum absolute atomic E-state index is 0.670. The van der Waals surface area contributed by atoms with E-state index in [1.54, 1.807) is 7.11 Å². The van der Waals surface area contributed by atoms with Crippen molar-refractivity contribution in [3.05, 3.63) is 11.9 Å². The van der Waals surface area contributed by atoms with E-state index in [0.717, 1.165) is 37.2 Å². The van der Waals surface area contributed by atoms with E-state index >= 15 is 0 Å². The second kappa shape index (κ2) is 5.95. The first kappa shape index (κ1) is 13.6. The summed E-state index contributed by atoms with van der Waals surface area (Å²) in [6.45, 7) is 5.35. The molecule has 2 heterocycles. The van der Waals surface area contributed by atoms with Crippen LogP contribution >= 0.6 is 0 Å². The molecular formula is C15H24N4O. The molecule has 0 aromatic carbocycles. The Morgan fingerprint density at radius 2 is 2.00 bits per heavy atom. The molecule has 2 aliphatic rings. The lowest BCUT2D eigenvalue weighted by molar-refractivity contribution is 0.370. The first-order valence-corrected chi connectivity index (χ1v) is 7.63. The second-order valence-corrected chi connectivity index (χ2v) is 5.89. The molecule has 20 heavy (non-hydrogen) atoms. The van der Waals surface area contributed by atoms with Gasteiger partial charge in [-0.2, -0.15) is 4.98 Å². The summed E-state index contributed by atoms with van der Waals surface area (Å²) in [5.41, 5.74) is 0. The molecule has 1 aliphatic heterocycles. The predicted molar refractivity (Wildman–Crippen MR) is 79.3 cm³/mol. The van der Waals surface area contributed by atoms with Crippen LogP contribution in [0.25, 0.3) is 0 Å². The molecule has 3 rings (SSSR count). The molecule has 0 unspecified atom stereocenters. The molecule has 0 bridgehead atoms. The number of anilines is 1. The number of piperidine rings is 1. The van der Waals surface area contributed by atoms with Gasteiger partial charge in [-0.15, -0.1) is 0 Å². The second-order valence-electron chi connectivity index (χ2n) is 5.89. The molecular weight excluding hydrogens is 252 g/mol. The topological polar surface area (TPSA) is 50.3 Å². The number of methoxy groups -OCH3 is 1. The van der Waals surface area contributed by atoms with Crippen LogP contribution in [0.15, 0.2) is 6.07 Å². The van der Waals surface area contributed by atoms with Crippen molar-refractivity contribution in [3.8, 4) is 5.88 Å².